The van der Waals surface area contributed by atoms with Crippen LogP contribution in [-0.4, -0.2) is 19.4 Å². The Morgan fingerprint density at radius 2 is 1.95 bits per heavy atom. The molecule has 0 unspecified atom stereocenters. The predicted molar refractivity (Wildman–Crippen MR) is 75.0 cm³/mol. The number of nitro groups is 2. The molecule has 21 heavy (non-hydrogen) atoms. The third kappa shape index (κ3) is 3.28. The number of nitrogens with zero attached hydrogens (tertiary/aromatic N) is 4. The number of aromatic nitrogens is 2. The lowest BCUT2D eigenvalue weighted by atomic mass is 10.2. The fourth-order valence-electron chi connectivity index (χ4n) is 1.64. The Hall–Kier alpha value is -2.62. The highest BCUT2D eigenvalue weighted by Gasteiger charge is 2.14. The van der Waals surface area contributed by atoms with Crippen LogP contribution in [0.5, 0.6) is 0 Å². The van der Waals surface area contributed by atoms with Crippen molar-refractivity contribution in [3.8, 4) is 0 Å². The van der Waals surface area contributed by atoms with Crippen molar-refractivity contribution in [2.24, 2.45) is 0 Å². The molecule has 2 rings (SSSR count). The van der Waals surface area contributed by atoms with Crippen molar-refractivity contribution in [2.45, 2.75) is 6.54 Å². The molecule has 0 fully saturated rings. The third-order valence-corrected chi connectivity index (χ3v) is 3.28. The minimum atomic E-state index is -0.675. The van der Waals surface area contributed by atoms with Gasteiger partial charge in [0.15, 0.2) is 0 Å². The fraction of sp³-hybridized carbons (Fsp3) is 0.0909. The molecule has 0 aliphatic carbocycles. The Balaban J connectivity index is 2.41. The summed E-state index contributed by atoms with van der Waals surface area (Å²) in [4.78, 5) is 35.2. The molecular weight excluding hydrogens is 348 g/mol. The van der Waals surface area contributed by atoms with Crippen LogP contribution in [0.1, 0.15) is 5.56 Å². The van der Waals surface area contributed by atoms with Gasteiger partial charge in [-0.3, -0.25) is 24.8 Å². The van der Waals surface area contributed by atoms with Crippen molar-refractivity contribution < 1.29 is 9.85 Å². The molecule has 0 radical (unpaired) electrons. The lowest BCUT2D eigenvalue weighted by Gasteiger charge is -2.05. The van der Waals surface area contributed by atoms with Crippen molar-refractivity contribution in [2.75, 3.05) is 0 Å². The van der Waals surface area contributed by atoms with Gasteiger partial charge in [-0.25, -0.2) is 4.79 Å². The van der Waals surface area contributed by atoms with Gasteiger partial charge in [-0.05, 0) is 27.6 Å². The SMILES string of the molecule is O=c1ncc([N+](=O)[O-])cn1Cc1ccc(Br)c([N+](=O)[O-])c1. The second kappa shape index (κ2) is 5.79. The monoisotopic (exact) mass is 354 g/mol. The minimum Gasteiger partial charge on any atom is -0.288 e. The average molecular weight is 355 g/mol. The van der Waals surface area contributed by atoms with Crippen LogP contribution in [0.4, 0.5) is 11.4 Å². The summed E-state index contributed by atoms with van der Waals surface area (Å²) >= 11 is 3.05. The Morgan fingerprint density at radius 3 is 2.57 bits per heavy atom. The standard InChI is InChI=1S/C11H7BrN4O5/c12-9-2-1-7(3-10(9)16(20)21)5-14-6-8(15(18)19)4-13-11(14)17/h1-4,6H,5H2. The highest BCUT2D eigenvalue weighted by Crippen LogP contribution is 2.25. The maximum absolute atomic E-state index is 11.6. The second-order valence-corrected chi connectivity index (χ2v) is 4.88. The van der Waals surface area contributed by atoms with Crippen LogP contribution in [0.2, 0.25) is 0 Å². The molecule has 108 valence electrons. The zero-order valence-corrected chi connectivity index (χ0v) is 11.9. The van der Waals surface area contributed by atoms with Crippen molar-refractivity contribution in [1.82, 2.24) is 9.55 Å². The van der Waals surface area contributed by atoms with Crippen LogP contribution in [0.25, 0.3) is 0 Å². The quantitative estimate of drug-likeness (QED) is 0.610. The van der Waals surface area contributed by atoms with Crippen LogP contribution in [-0.2, 0) is 6.54 Å². The number of nitro benzene ring substituents is 1. The molecule has 1 aromatic carbocycles. The number of benzene rings is 1. The van der Waals surface area contributed by atoms with Crippen molar-refractivity contribution in [3.63, 3.8) is 0 Å². The Morgan fingerprint density at radius 1 is 1.24 bits per heavy atom. The van der Waals surface area contributed by atoms with Gasteiger partial charge in [0.05, 0.1) is 27.1 Å². The highest BCUT2D eigenvalue weighted by molar-refractivity contribution is 9.10. The van der Waals surface area contributed by atoms with Crippen LogP contribution >= 0.6 is 15.9 Å². The van der Waals surface area contributed by atoms with E-state index in [9.17, 15) is 25.0 Å². The van der Waals surface area contributed by atoms with Crippen LogP contribution in [0, 0.1) is 20.2 Å². The lowest BCUT2D eigenvalue weighted by molar-refractivity contribution is -0.385. The van der Waals surface area contributed by atoms with Gasteiger partial charge in [0.25, 0.3) is 5.69 Å². The molecule has 0 N–H and O–H groups in total. The Kier molecular flexibility index (Phi) is 4.08. The van der Waals surface area contributed by atoms with E-state index in [0.717, 1.165) is 17.0 Å². The summed E-state index contributed by atoms with van der Waals surface area (Å²) in [6.45, 7) is -0.0539. The first kappa shape index (κ1) is 14.8. The molecule has 0 saturated carbocycles. The van der Waals surface area contributed by atoms with Gasteiger partial charge in [-0.15, -0.1) is 0 Å². The summed E-state index contributed by atoms with van der Waals surface area (Å²) in [5.41, 5.74) is -0.708. The molecular formula is C11H7BrN4O5. The summed E-state index contributed by atoms with van der Waals surface area (Å²) in [6, 6.07) is 4.33. The molecule has 0 saturated heterocycles. The minimum absolute atomic E-state index is 0.0539. The molecule has 10 heteroatoms. The Bertz CT molecular complexity index is 788. The van der Waals surface area contributed by atoms with Crippen molar-refractivity contribution in [1.29, 1.82) is 0 Å². The van der Waals surface area contributed by atoms with Gasteiger partial charge >= 0.3 is 11.4 Å². The summed E-state index contributed by atoms with van der Waals surface area (Å²) < 4.78 is 1.33. The lowest BCUT2D eigenvalue weighted by Crippen LogP contribution is -2.23. The normalized spacial score (nSPS) is 10.3. The second-order valence-electron chi connectivity index (χ2n) is 4.02. The predicted octanol–water partition coefficient (Wildman–Crippen LogP) is 1.87. The van der Waals surface area contributed by atoms with E-state index in [4.69, 9.17) is 0 Å². The van der Waals surface area contributed by atoms with Gasteiger partial charge in [0.1, 0.15) is 6.20 Å². The summed E-state index contributed by atoms with van der Waals surface area (Å²) in [5, 5.41) is 21.5. The molecule has 0 spiro atoms. The zero-order valence-electron chi connectivity index (χ0n) is 10.3. The van der Waals surface area contributed by atoms with Crippen LogP contribution in [0.3, 0.4) is 0 Å². The molecule has 0 atom stereocenters. The maximum Gasteiger partial charge on any atom is 0.348 e. The van der Waals surface area contributed by atoms with Crippen LogP contribution in [0.15, 0.2) is 39.9 Å². The molecule has 9 nitrogen and oxygen atoms in total. The molecule has 0 aliphatic heterocycles. The summed E-state index contributed by atoms with van der Waals surface area (Å²) in [5.74, 6) is 0. The summed E-state index contributed by atoms with van der Waals surface area (Å²) in [6.07, 6.45) is 1.91. The molecule has 0 bridgehead atoms. The molecule has 0 aliphatic rings. The first-order chi connectivity index (χ1) is 9.88. The zero-order chi connectivity index (χ0) is 15.6. The number of hydrogen-bond acceptors (Lipinski definition) is 6. The number of rotatable bonds is 4. The van der Waals surface area contributed by atoms with Gasteiger partial charge in [-0.1, -0.05) is 6.07 Å². The fourth-order valence-corrected chi connectivity index (χ4v) is 2.04. The molecule has 1 aromatic heterocycles. The Labute approximate surface area is 125 Å². The average Bonchev–Trinajstić information content (AvgIpc) is 2.42. The maximum atomic E-state index is 11.6. The number of halogens is 1. The highest BCUT2D eigenvalue weighted by atomic mass is 79.9. The molecule has 2 aromatic rings. The number of hydrogen-bond donors (Lipinski definition) is 0. The van der Waals surface area contributed by atoms with E-state index in [0.29, 0.717) is 10.0 Å². The van der Waals surface area contributed by atoms with E-state index in [-0.39, 0.29) is 17.9 Å². The van der Waals surface area contributed by atoms with Crippen molar-refractivity contribution >= 4 is 27.3 Å². The molecule has 1 heterocycles. The van der Waals surface area contributed by atoms with E-state index in [1.54, 1.807) is 6.07 Å². The van der Waals surface area contributed by atoms with Gasteiger partial charge in [0.2, 0.25) is 0 Å². The van der Waals surface area contributed by atoms with E-state index in [1.807, 2.05) is 0 Å². The van der Waals surface area contributed by atoms with E-state index in [1.165, 1.54) is 12.1 Å². The first-order valence-electron chi connectivity index (χ1n) is 5.52. The summed E-state index contributed by atoms with van der Waals surface area (Å²) in [7, 11) is 0. The van der Waals surface area contributed by atoms with Gasteiger partial charge in [0, 0.05) is 6.07 Å². The van der Waals surface area contributed by atoms with Crippen LogP contribution < -0.4 is 5.69 Å². The first-order valence-corrected chi connectivity index (χ1v) is 6.31. The van der Waals surface area contributed by atoms with Gasteiger partial charge < -0.3 is 0 Å². The molecule has 0 amide bonds. The van der Waals surface area contributed by atoms with Crippen molar-refractivity contribution in [3.05, 3.63) is 71.3 Å². The van der Waals surface area contributed by atoms with E-state index in [2.05, 4.69) is 20.9 Å². The largest absolute Gasteiger partial charge is 0.348 e. The van der Waals surface area contributed by atoms with E-state index < -0.39 is 15.5 Å². The smallest absolute Gasteiger partial charge is 0.288 e. The third-order valence-electron chi connectivity index (χ3n) is 2.61. The van der Waals surface area contributed by atoms with E-state index >= 15 is 0 Å². The topological polar surface area (TPSA) is 121 Å². The van der Waals surface area contributed by atoms with Gasteiger partial charge in [-0.2, -0.15) is 4.98 Å².